The van der Waals surface area contributed by atoms with Gasteiger partial charge in [-0.15, -0.1) is 0 Å². The fourth-order valence-electron chi connectivity index (χ4n) is 1.87. The Morgan fingerprint density at radius 2 is 1.89 bits per heavy atom. The van der Waals surface area contributed by atoms with Crippen LogP contribution < -0.4 is 0 Å². The fraction of sp³-hybridized carbons (Fsp3) is 0.750. The van der Waals surface area contributed by atoms with Gasteiger partial charge in [0.2, 0.25) is 0 Å². The van der Waals surface area contributed by atoms with Gasteiger partial charge in [-0.05, 0) is 12.8 Å². The summed E-state index contributed by atoms with van der Waals surface area (Å²) in [4.78, 5) is 37.2. The molecule has 18 heavy (non-hydrogen) atoms. The van der Waals surface area contributed by atoms with E-state index in [0.29, 0.717) is 19.0 Å². The molecule has 0 radical (unpaired) electrons. The SMILES string of the molecule is CCC(C)CN1CCN(C(C)C(=O)O)C(=O)C1=O. The lowest BCUT2D eigenvalue weighted by Gasteiger charge is -2.36. The average molecular weight is 256 g/mol. The Kier molecular flexibility index (Phi) is 4.69. The maximum absolute atomic E-state index is 11.9. The van der Waals surface area contributed by atoms with E-state index < -0.39 is 23.8 Å². The molecular formula is C12H20N2O4. The summed E-state index contributed by atoms with van der Waals surface area (Å²) < 4.78 is 0. The fourth-order valence-corrected chi connectivity index (χ4v) is 1.87. The van der Waals surface area contributed by atoms with Gasteiger partial charge in [0.25, 0.3) is 0 Å². The summed E-state index contributed by atoms with van der Waals surface area (Å²) in [7, 11) is 0. The summed E-state index contributed by atoms with van der Waals surface area (Å²) in [6.07, 6.45) is 0.938. The zero-order chi connectivity index (χ0) is 13.9. The van der Waals surface area contributed by atoms with E-state index in [1.807, 2.05) is 13.8 Å². The van der Waals surface area contributed by atoms with E-state index in [4.69, 9.17) is 5.11 Å². The lowest BCUT2D eigenvalue weighted by Crippen LogP contribution is -2.58. The Morgan fingerprint density at radius 3 is 2.39 bits per heavy atom. The lowest BCUT2D eigenvalue weighted by atomic mass is 10.1. The number of amides is 2. The van der Waals surface area contributed by atoms with Gasteiger partial charge < -0.3 is 14.9 Å². The Balaban J connectivity index is 2.69. The molecule has 0 aromatic heterocycles. The third-order valence-electron chi connectivity index (χ3n) is 3.40. The molecule has 0 saturated carbocycles. The van der Waals surface area contributed by atoms with Crippen LogP contribution in [0.25, 0.3) is 0 Å². The molecule has 2 atom stereocenters. The summed E-state index contributed by atoms with van der Waals surface area (Å²) in [6.45, 7) is 6.71. The van der Waals surface area contributed by atoms with E-state index in [-0.39, 0.29) is 6.54 Å². The first-order valence-corrected chi connectivity index (χ1v) is 6.21. The Bertz CT molecular complexity index is 356. The molecule has 1 aliphatic heterocycles. The Labute approximate surface area is 107 Å². The standard InChI is InChI=1S/C12H20N2O4/c1-4-8(2)7-13-5-6-14(9(3)12(17)18)11(16)10(13)15/h8-9H,4-7H2,1-3H3,(H,17,18). The predicted octanol–water partition coefficient (Wildman–Crippen LogP) is 0.176. The molecule has 0 aromatic rings. The van der Waals surface area contributed by atoms with Crippen LogP contribution >= 0.6 is 0 Å². The van der Waals surface area contributed by atoms with E-state index in [0.717, 1.165) is 11.3 Å². The largest absolute Gasteiger partial charge is 0.480 e. The maximum Gasteiger partial charge on any atom is 0.326 e. The van der Waals surface area contributed by atoms with E-state index in [1.54, 1.807) is 0 Å². The third kappa shape index (κ3) is 3.00. The van der Waals surface area contributed by atoms with Crippen molar-refractivity contribution in [2.24, 2.45) is 5.92 Å². The molecule has 1 saturated heterocycles. The highest BCUT2D eigenvalue weighted by Gasteiger charge is 2.37. The van der Waals surface area contributed by atoms with E-state index in [1.165, 1.54) is 11.8 Å². The second kappa shape index (κ2) is 5.84. The van der Waals surface area contributed by atoms with Crippen molar-refractivity contribution >= 4 is 17.8 Å². The number of carbonyl (C=O) groups excluding carboxylic acids is 2. The molecule has 2 unspecified atom stereocenters. The van der Waals surface area contributed by atoms with E-state index >= 15 is 0 Å². The molecule has 1 heterocycles. The number of nitrogens with zero attached hydrogens (tertiary/aromatic N) is 2. The first-order chi connectivity index (χ1) is 8.38. The highest BCUT2D eigenvalue weighted by Crippen LogP contribution is 2.12. The van der Waals surface area contributed by atoms with Crippen molar-refractivity contribution in [1.82, 2.24) is 9.80 Å². The number of rotatable bonds is 5. The lowest BCUT2D eigenvalue weighted by molar-refractivity contribution is -0.162. The molecule has 2 amide bonds. The van der Waals surface area contributed by atoms with Crippen molar-refractivity contribution in [2.45, 2.75) is 33.2 Å². The summed E-state index contributed by atoms with van der Waals surface area (Å²) >= 11 is 0. The molecule has 1 rings (SSSR count). The number of aliphatic carboxylic acids is 1. The number of carbonyl (C=O) groups is 3. The third-order valence-corrected chi connectivity index (χ3v) is 3.40. The van der Waals surface area contributed by atoms with Crippen molar-refractivity contribution in [3.05, 3.63) is 0 Å². The summed E-state index contributed by atoms with van der Waals surface area (Å²) in [6, 6.07) is -0.952. The van der Waals surface area contributed by atoms with Gasteiger partial charge in [-0.3, -0.25) is 9.59 Å². The van der Waals surface area contributed by atoms with Crippen LogP contribution in [0, 0.1) is 5.92 Å². The van der Waals surface area contributed by atoms with Gasteiger partial charge in [-0.25, -0.2) is 4.79 Å². The summed E-state index contributed by atoms with van der Waals surface area (Å²) in [5.74, 6) is -2.05. The predicted molar refractivity (Wildman–Crippen MR) is 64.8 cm³/mol. The van der Waals surface area contributed by atoms with Crippen molar-refractivity contribution < 1.29 is 19.5 Å². The Morgan fingerprint density at radius 1 is 1.28 bits per heavy atom. The minimum absolute atomic E-state index is 0.286. The first kappa shape index (κ1) is 14.5. The van der Waals surface area contributed by atoms with Crippen LogP contribution in [0.4, 0.5) is 0 Å². The van der Waals surface area contributed by atoms with Gasteiger partial charge in [0, 0.05) is 19.6 Å². The summed E-state index contributed by atoms with van der Waals surface area (Å²) in [5, 5.41) is 8.87. The minimum Gasteiger partial charge on any atom is -0.480 e. The van der Waals surface area contributed by atoms with Crippen LogP contribution in [0.1, 0.15) is 27.2 Å². The number of hydrogen-bond acceptors (Lipinski definition) is 3. The number of carboxylic acids is 1. The number of carboxylic acid groups (broad SMARTS) is 1. The molecule has 6 heteroatoms. The highest BCUT2D eigenvalue weighted by molar-refractivity contribution is 6.35. The normalized spacial score (nSPS) is 19.9. The second-order valence-corrected chi connectivity index (χ2v) is 4.78. The number of piperazine rings is 1. The molecule has 0 spiro atoms. The molecule has 0 bridgehead atoms. The van der Waals surface area contributed by atoms with E-state index in [9.17, 15) is 14.4 Å². The van der Waals surface area contributed by atoms with Gasteiger partial charge in [0.05, 0.1) is 0 Å². The Hall–Kier alpha value is -1.59. The van der Waals surface area contributed by atoms with Crippen molar-refractivity contribution in [3.63, 3.8) is 0 Å². The quantitative estimate of drug-likeness (QED) is 0.712. The molecule has 1 N–H and O–H groups in total. The van der Waals surface area contributed by atoms with Gasteiger partial charge >= 0.3 is 17.8 Å². The topological polar surface area (TPSA) is 77.9 Å². The van der Waals surface area contributed by atoms with Gasteiger partial charge in [0.1, 0.15) is 6.04 Å². The van der Waals surface area contributed by atoms with Gasteiger partial charge in [-0.1, -0.05) is 20.3 Å². The van der Waals surface area contributed by atoms with Gasteiger partial charge in [-0.2, -0.15) is 0 Å². The molecule has 6 nitrogen and oxygen atoms in total. The van der Waals surface area contributed by atoms with Crippen molar-refractivity contribution in [2.75, 3.05) is 19.6 Å². The van der Waals surface area contributed by atoms with Crippen molar-refractivity contribution in [1.29, 1.82) is 0 Å². The molecule has 102 valence electrons. The average Bonchev–Trinajstić information content (AvgIpc) is 2.34. The molecular weight excluding hydrogens is 236 g/mol. The van der Waals surface area contributed by atoms with E-state index in [2.05, 4.69) is 0 Å². The maximum atomic E-state index is 11.9. The monoisotopic (exact) mass is 256 g/mol. The first-order valence-electron chi connectivity index (χ1n) is 6.21. The van der Waals surface area contributed by atoms with Crippen LogP contribution in [0.3, 0.4) is 0 Å². The smallest absolute Gasteiger partial charge is 0.326 e. The van der Waals surface area contributed by atoms with Crippen LogP contribution in [0.15, 0.2) is 0 Å². The zero-order valence-corrected chi connectivity index (χ0v) is 11.0. The molecule has 0 aliphatic carbocycles. The van der Waals surface area contributed by atoms with Crippen LogP contribution in [-0.4, -0.2) is 58.4 Å². The van der Waals surface area contributed by atoms with Crippen molar-refractivity contribution in [3.8, 4) is 0 Å². The summed E-state index contributed by atoms with van der Waals surface area (Å²) in [5.41, 5.74) is 0. The van der Waals surface area contributed by atoms with Crippen LogP contribution in [-0.2, 0) is 14.4 Å². The van der Waals surface area contributed by atoms with Crippen LogP contribution in [0.2, 0.25) is 0 Å². The highest BCUT2D eigenvalue weighted by atomic mass is 16.4. The molecule has 1 aliphatic rings. The van der Waals surface area contributed by atoms with Crippen LogP contribution in [0.5, 0.6) is 0 Å². The molecule has 1 fully saturated rings. The minimum atomic E-state index is -1.09. The zero-order valence-electron chi connectivity index (χ0n) is 11.0. The second-order valence-electron chi connectivity index (χ2n) is 4.78. The number of hydrogen-bond donors (Lipinski definition) is 1. The van der Waals surface area contributed by atoms with Gasteiger partial charge in [0.15, 0.2) is 0 Å². The molecule has 0 aromatic carbocycles.